The number of carbonyl (C=O) groups excluding carboxylic acids is 1. The maximum absolute atomic E-state index is 12.5. The van der Waals surface area contributed by atoms with Crippen LogP contribution in [0.15, 0.2) is 29.1 Å². The molecule has 1 aromatic carbocycles. The molecule has 0 saturated carbocycles. The lowest BCUT2D eigenvalue weighted by Gasteiger charge is -2.26. The minimum atomic E-state index is -0.357. The number of piperidine rings is 1. The number of nitrogens with one attached hydrogen (secondary N) is 2. The first kappa shape index (κ1) is 23.7. The van der Waals surface area contributed by atoms with Gasteiger partial charge in [-0.3, -0.25) is 9.36 Å². The normalized spacial score (nSPS) is 14.4. The Balaban J connectivity index is 1.41. The van der Waals surface area contributed by atoms with Crippen molar-refractivity contribution in [1.29, 1.82) is 0 Å². The molecule has 1 aliphatic rings. The van der Waals surface area contributed by atoms with E-state index in [0.717, 1.165) is 25.2 Å². The van der Waals surface area contributed by atoms with Gasteiger partial charge in [0.1, 0.15) is 12.1 Å². The van der Waals surface area contributed by atoms with E-state index < -0.39 is 0 Å². The first-order chi connectivity index (χ1) is 16.5. The lowest BCUT2D eigenvalue weighted by atomic mass is 10.1. The Hall–Kier alpha value is -3.44. The molecule has 182 valence electrons. The smallest absolute Gasteiger partial charge is 0.328 e. The fourth-order valence-electron chi connectivity index (χ4n) is 4.02. The minimum Gasteiger partial charge on any atom is -0.461 e. The van der Waals surface area contributed by atoms with Crippen LogP contribution in [0.25, 0.3) is 11.2 Å². The number of fused-ring (bicyclic) bond motifs is 1. The van der Waals surface area contributed by atoms with Crippen LogP contribution in [0.4, 0.5) is 5.82 Å². The number of nitrogen functional groups attached to an aromatic ring is 1. The third-order valence-corrected chi connectivity index (χ3v) is 5.87. The molecule has 1 amide bonds. The molecule has 1 saturated heterocycles. The number of rotatable bonds is 10. The van der Waals surface area contributed by atoms with Crippen molar-refractivity contribution in [2.24, 2.45) is 0 Å². The Morgan fingerprint density at radius 1 is 1.15 bits per heavy atom. The maximum atomic E-state index is 12.5. The standard InChI is InChI=1S/C23H31N7O4/c1-33-13-14-34-22-27-19(24)18-20(28-22)30(23(32)26-18)15-16-5-7-17(8-6-16)21(31)25-9-12-29-10-3-2-4-11-29/h5-8H,2-4,9-15H2,1H3,(H,25,31)(H,26,32)(H2,24,27,28). The molecule has 1 aliphatic heterocycles. The number of likely N-dealkylation sites (tertiary alicyclic amines) is 1. The second-order valence-corrected chi connectivity index (χ2v) is 8.30. The zero-order valence-electron chi connectivity index (χ0n) is 19.4. The highest BCUT2D eigenvalue weighted by Gasteiger charge is 2.16. The van der Waals surface area contributed by atoms with E-state index >= 15 is 0 Å². The van der Waals surface area contributed by atoms with Crippen molar-refractivity contribution < 1.29 is 14.3 Å². The highest BCUT2D eigenvalue weighted by atomic mass is 16.5. The van der Waals surface area contributed by atoms with Gasteiger partial charge < -0.3 is 30.4 Å². The van der Waals surface area contributed by atoms with Crippen LogP contribution >= 0.6 is 0 Å². The highest BCUT2D eigenvalue weighted by Crippen LogP contribution is 2.18. The number of imidazole rings is 1. The fraction of sp³-hybridized carbons (Fsp3) is 0.478. The van der Waals surface area contributed by atoms with Gasteiger partial charge in [-0.2, -0.15) is 9.97 Å². The van der Waals surface area contributed by atoms with E-state index in [4.69, 9.17) is 15.2 Å². The van der Waals surface area contributed by atoms with Crippen LogP contribution in [-0.4, -0.2) is 76.8 Å². The van der Waals surface area contributed by atoms with Crippen LogP contribution < -0.4 is 21.5 Å². The van der Waals surface area contributed by atoms with Crippen molar-refractivity contribution in [2.45, 2.75) is 25.8 Å². The molecule has 1 fully saturated rings. The quantitative estimate of drug-likeness (QED) is 0.374. The molecular weight excluding hydrogens is 438 g/mol. The molecular formula is C23H31N7O4. The second-order valence-electron chi connectivity index (χ2n) is 8.30. The first-order valence-electron chi connectivity index (χ1n) is 11.5. The molecule has 0 aliphatic carbocycles. The summed E-state index contributed by atoms with van der Waals surface area (Å²) in [6, 6.07) is 7.24. The Labute approximate surface area is 197 Å². The highest BCUT2D eigenvalue weighted by molar-refractivity contribution is 5.94. The van der Waals surface area contributed by atoms with Crippen LogP contribution in [0.2, 0.25) is 0 Å². The Bertz CT molecular complexity index is 1170. The van der Waals surface area contributed by atoms with E-state index in [9.17, 15) is 9.59 Å². The number of carbonyl (C=O) groups is 1. The van der Waals surface area contributed by atoms with E-state index in [2.05, 4.69) is 25.2 Å². The number of benzene rings is 1. The van der Waals surface area contributed by atoms with Gasteiger partial charge in [0, 0.05) is 25.8 Å². The third-order valence-electron chi connectivity index (χ3n) is 5.87. The monoisotopic (exact) mass is 469 g/mol. The number of nitrogens with zero attached hydrogens (tertiary/aromatic N) is 4. The van der Waals surface area contributed by atoms with Crippen LogP contribution in [0.5, 0.6) is 6.01 Å². The van der Waals surface area contributed by atoms with Gasteiger partial charge in [0.15, 0.2) is 11.5 Å². The second kappa shape index (κ2) is 11.1. The first-order valence-corrected chi connectivity index (χ1v) is 11.5. The topological polar surface area (TPSA) is 140 Å². The molecule has 3 aromatic rings. The zero-order chi connectivity index (χ0) is 23.9. The van der Waals surface area contributed by atoms with Crippen molar-refractivity contribution in [1.82, 2.24) is 29.7 Å². The average molecular weight is 470 g/mol. The largest absolute Gasteiger partial charge is 0.461 e. The minimum absolute atomic E-state index is 0.0753. The number of ether oxygens (including phenoxy) is 2. The van der Waals surface area contributed by atoms with Gasteiger partial charge in [-0.05, 0) is 43.6 Å². The number of hydrogen-bond donors (Lipinski definition) is 3. The summed E-state index contributed by atoms with van der Waals surface area (Å²) in [5.74, 6) is 0.0241. The predicted octanol–water partition coefficient (Wildman–Crippen LogP) is 0.991. The molecule has 2 aromatic heterocycles. The van der Waals surface area contributed by atoms with Gasteiger partial charge in [-0.1, -0.05) is 18.6 Å². The molecule has 11 heteroatoms. The average Bonchev–Trinajstić information content (AvgIpc) is 3.16. The van der Waals surface area contributed by atoms with Crippen LogP contribution in [0, 0.1) is 0 Å². The van der Waals surface area contributed by atoms with Crippen molar-refractivity contribution in [3.05, 3.63) is 45.9 Å². The predicted molar refractivity (Wildman–Crippen MR) is 128 cm³/mol. The number of anilines is 1. The summed E-state index contributed by atoms with van der Waals surface area (Å²) in [5, 5.41) is 2.98. The summed E-state index contributed by atoms with van der Waals surface area (Å²) in [6.45, 7) is 4.60. The lowest BCUT2D eigenvalue weighted by Crippen LogP contribution is -2.37. The zero-order valence-corrected chi connectivity index (χ0v) is 19.4. The molecule has 0 unspecified atom stereocenters. The summed E-state index contributed by atoms with van der Waals surface area (Å²) < 4.78 is 11.9. The number of hydrogen-bond acceptors (Lipinski definition) is 8. The number of aromatic nitrogens is 4. The van der Waals surface area contributed by atoms with Crippen molar-refractivity contribution in [3.8, 4) is 6.01 Å². The fourth-order valence-corrected chi connectivity index (χ4v) is 4.02. The number of nitrogens with two attached hydrogens (primary N) is 1. The van der Waals surface area contributed by atoms with Crippen molar-refractivity contribution in [3.63, 3.8) is 0 Å². The SMILES string of the molecule is COCCOc1nc(N)c2[nH]c(=O)n(Cc3ccc(C(=O)NCCN4CCCCC4)cc3)c2n1. The van der Waals surface area contributed by atoms with E-state index in [1.807, 2.05) is 12.1 Å². The molecule has 0 bridgehead atoms. The summed E-state index contributed by atoms with van der Waals surface area (Å²) in [4.78, 5) is 38.5. The maximum Gasteiger partial charge on any atom is 0.328 e. The van der Waals surface area contributed by atoms with E-state index in [-0.39, 0.29) is 36.6 Å². The number of methoxy groups -OCH3 is 1. The lowest BCUT2D eigenvalue weighted by molar-refractivity contribution is 0.0946. The van der Waals surface area contributed by atoms with E-state index in [1.165, 1.54) is 23.8 Å². The van der Waals surface area contributed by atoms with Crippen molar-refractivity contribution >= 4 is 22.9 Å². The van der Waals surface area contributed by atoms with Gasteiger partial charge in [0.2, 0.25) is 0 Å². The molecule has 3 heterocycles. The Morgan fingerprint density at radius 2 is 1.91 bits per heavy atom. The number of aromatic amines is 1. The van der Waals surface area contributed by atoms with E-state index in [0.29, 0.717) is 29.9 Å². The number of amides is 1. The van der Waals surface area contributed by atoms with Crippen LogP contribution in [-0.2, 0) is 11.3 Å². The van der Waals surface area contributed by atoms with Crippen LogP contribution in [0.1, 0.15) is 35.2 Å². The Morgan fingerprint density at radius 3 is 2.65 bits per heavy atom. The summed E-state index contributed by atoms with van der Waals surface area (Å²) in [7, 11) is 1.57. The van der Waals surface area contributed by atoms with Gasteiger partial charge in [-0.15, -0.1) is 0 Å². The third kappa shape index (κ3) is 5.72. The summed E-state index contributed by atoms with van der Waals surface area (Å²) >= 11 is 0. The van der Waals surface area contributed by atoms with Crippen molar-refractivity contribution in [2.75, 3.05) is 52.2 Å². The van der Waals surface area contributed by atoms with Gasteiger partial charge in [-0.25, -0.2) is 4.79 Å². The molecule has 4 N–H and O–H groups in total. The molecule has 4 rings (SSSR count). The number of H-pyrrole nitrogens is 1. The molecule has 0 radical (unpaired) electrons. The molecule has 11 nitrogen and oxygen atoms in total. The van der Waals surface area contributed by atoms with E-state index in [1.54, 1.807) is 19.2 Å². The summed E-state index contributed by atoms with van der Waals surface area (Å²) in [6.07, 6.45) is 3.76. The Kier molecular flexibility index (Phi) is 7.76. The van der Waals surface area contributed by atoms with Gasteiger partial charge in [0.25, 0.3) is 5.91 Å². The molecule has 34 heavy (non-hydrogen) atoms. The molecule has 0 spiro atoms. The van der Waals surface area contributed by atoms with Gasteiger partial charge in [0.05, 0.1) is 13.2 Å². The molecule has 0 atom stereocenters. The summed E-state index contributed by atoms with van der Waals surface area (Å²) in [5.41, 5.74) is 7.75. The van der Waals surface area contributed by atoms with Gasteiger partial charge >= 0.3 is 11.7 Å². The van der Waals surface area contributed by atoms with Crippen LogP contribution in [0.3, 0.4) is 0 Å².